The third-order valence-electron chi connectivity index (χ3n) is 3.15. The summed E-state index contributed by atoms with van der Waals surface area (Å²) in [4.78, 5) is 6.60. The molecule has 0 fully saturated rings. The molecule has 0 saturated heterocycles. The molecular formula is C15H16N3+. The monoisotopic (exact) mass is 238 g/mol. The van der Waals surface area contributed by atoms with Crippen LogP contribution in [-0.2, 0) is 0 Å². The summed E-state index contributed by atoms with van der Waals surface area (Å²) < 4.78 is 2.20. The molecule has 0 aliphatic heterocycles. The number of hydrogen-bond donors (Lipinski definition) is 2. The topological polar surface area (TPSA) is 35.5 Å². The second-order valence-electron chi connectivity index (χ2n) is 4.48. The zero-order valence-corrected chi connectivity index (χ0v) is 10.3. The highest BCUT2D eigenvalue weighted by molar-refractivity contribution is 5.20. The molecule has 3 heterocycles. The number of aromatic nitrogens is 3. The first-order valence-corrected chi connectivity index (χ1v) is 6.08. The van der Waals surface area contributed by atoms with Crippen molar-refractivity contribution < 1.29 is 4.57 Å². The van der Waals surface area contributed by atoms with Crippen molar-refractivity contribution in [3.05, 3.63) is 78.1 Å². The van der Waals surface area contributed by atoms with Crippen LogP contribution < -0.4 is 4.57 Å². The lowest BCUT2D eigenvalue weighted by Crippen LogP contribution is -2.40. The fourth-order valence-corrected chi connectivity index (χ4v) is 2.20. The number of nitrogens with one attached hydrogen (secondary N) is 2. The van der Waals surface area contributed by atoms with Crippen molar-refractivity contribution in [3.8, 4) is 0 Å². The van der Waals surface area contributed by atoms with Gasteiger partial charge in [0.1, 0.15) is 0 Å². The van der Waals surface area contributed by atoms with Crippen molar-refractivity contribution in [2.24, 2.45) is 0 Å². The van der Waals surface area contributed by atoms with Gasteiger partial charge in [0.05, 0.1) is 11.4 Å². The second-order valence-corrected chi connectivity index (χ2v) is 4.48. The van der Waals surface area contributed by atoms with Gasteiger partial charge in [-0.05, 0) is 36.8 Å². The van der Waals surface area contributed by atoms with Gasteiger partial charge < -0.3 is 9.97 Å². The molecule has 18 heavy (non-hydrogen) atoms. The molecule has 0 unspecified atom stereocenters. The molecule has 3 aromatic heterocycles. The quantitative estimate of drug-likeness (QED) is 0.658. The number of aromatic amines is 2. The Labute approximate surface area is 106 Å². The third-order valence-corrected chi connectivity index (χ3v) is 3.15. The van der Waals surface area contributed by atoms with Gasteiger partial charge in [-0.25, -0.2) is 0 Å². The summed E-state index contributed by atoms with van der Waals surface area (Å²) in [5.41, 5.74) is 3.61. The molecule has 0 bridgehead atoms. The zero-order valence-electron chi connectivity index (χ0n) is 10.3. The maximum absolute atomic E-state index is 3.30. The predicted molar refractivity (Wildman–Crippen MR) is 70.2 cm³/mol. The Hall–Kier alpha value is -2.29. The van der Waals surface area contributed by atoms with Gasteiger partial charge in [-0.1, -0.05) is 0 Å². The van der Waals surface area contributed by atoms with E-state index in [9.17, 15) is 0 Å². The molecular weight excluding hydrogens is 222 g/mol. The van der Waals surface area contributed by atoms with Crippen LogP contribution in [0.3, 0.4) is 0 Å². The first kappa shape index (κ1) is 10.8. The van der Waals surface area contributed by atoms with Crippen molar-refractivity contribution in [2.75, 3.05) is 0 Å². The SMILES string of the molecule is Cc1cc[n+](C(c2ccc[nH]2)c2ccc[nH]2)cc1. The molecule has 3 aromatic rings. The summed E-state index contributed by atoms with van der Waals surface area (Å²) in [6.45, 7) is 2.10. The molecule has 0 saturated carbocycles. The highest BCUT2D eigenvalue weighted by Crippen LogP contribution is 2.18. The minimum Gasteiger partial charge on any atom is -0.359 e. The largest absolute Gasteiger partial charge is 0.359 e. The average molecular weight is 238 g/mol. The highest BCUT2D eigenvalue weighted by atomic mass is 15.0. The van der Waals surface area contributed by atoms with Crippen LogP contribution in [0.15, 0.2) is 61.2 Å². The molecule has 0 amide bonds. The van der Waals surface area contributed by atoms with E-state index in [1.165, 1.54) is 17.0 Å². The Kier molecular flexibility index (Phi) is 2.73. The van der Waals surface area contributed by atoms with Crippen molar-refractivity contribution in [2.45, 2.75) is 13.0 Å². The van der Waals surface area contributed by atoms with Crippen LogP contribution >= 0.6 is 0 Å². The van der Waals surface area contributed by atoms with Gasteiger partial charge in [0.2, 0.25) is 6.04 Å². The maximum atomic E-state index is 3.30. The third kappa shape index (κ3) is 1.95. The van der Waals surface area contributed by atoms with E-state index in [0.717, 1.165) is 0 Å². The van der Waals surface area contributed by atoms with Gasteiger partial charge >= 0.3 is 0 Å². The number of H-pyrrole nitrogens is 2. The summed E-state index contributed by atoms with van der Waals surface area (Å²) in [5, 5.41) is 0. The Bertz CT molecular complexity index is 558. The van der Waals surface area contributed by atoms with Gasteiger partial charge in [0.25, 0.3) is 0 Å². The Morgan fingerprint density at radius 2 is 1.44 bits per heavy atom. The van der Waals surface area contributed by atoms with Gasteiger partial charge in [0, 0.05) is 24.5 Å². The van der Waals surface area contributed by atoms with Crippen molar-refractivity contribution in [3.63, 3.8) is 0 Å². The van der Waals surface area contributed by atoms with E-state index in [1.54, 1.807) is 0 Å². The van der Waals surface area contributed by atoms with Crippen LogP contribution in [0.5, 0.6) is 0 Å². The standard InChI is InChI=1S/C15H16N3/c1-12-6-10-18(11-7-12)15(13-4-2-8-16-13)14-5-3-9-17-14/h2-11,15-17H,1H3/q+1. The molecule has 0 spiro atoms. The highest BCUT2D eigenvalue weighted by Gasteiger charge is 2.24. The summed E-state index contributed by atoms with van der Waals surface area (Å²) in [6, 6.07) is 12.7. The predicted octanol–water partition coefficient (Wildman–Crippen LogP) is 2.58. The molecule has 0 aromatic carbocycles. The molecule has 0 atom stereocenters. The van der Waals surface area contributed by atoms with Crippen molar-refractivity contribution in [1.29, 1.82) is 0 Å². The fourth-order valence-electron chi connectivity index (χ4n) is 2.20. The van der Waals surface area contributed by atoms with Gasteiger partial charge in [-0.15, -0.1) is 0 Å². The summed E-state index contributed by atoms with van der Waals surface area (Å²) in [5.74, 6) is 0. The van der Waals surface area contributed by atoms with Gasteiger partial charge in [-0.2, -0.15) is 4.57 Å². The van der Waals surface area contributed by atoms with E-state index in [4.69, 9.17) is 0 Å². The van der Waals surface area contributed by atoms with Crippen LogP contribution in [-0.4, -0.2) is 9.97 Å². The smallest absolute Gasteiger partial charge is 0.237 e. The van der Waals surface area contributed by atoms with Crippen LogP contribution in [0.4, 0.5) is 0 Å². The van der Waals surface area contributed by atoms with Crippen LogP contribution in [0.25, 0.3) is 0 Å². The second kappa shape index (κ2) is 4.53. The molecule has 90 valence electrons. The Morgan fingerprint density at radius 1 is 0.889 bits per heavy atom. The lowest BCUT2D eigenvalue weighted by Gasteiger charge is -2.09. The fraction of sp³-hybridized carbons (Fsp3) is 0.133. The number of hydrogen-bond acceptors (Lipinski definition) is 0. The van der Waals surface area contributed by atoms with E-state index in [-0.39, 0.29) is 6.04 Å². The van der Waals surface area contributed by atoms with E-state index >= 15 is 0 Å². The lowest BCUT2D eigenvalue weighted by molar-refractivity contribution is -0.705. The molecule has 3 nitrogen and oxygen atoms in total. The first-order valence-electron chi connectivity index (χ1n) is 6.08. The van der Waals surface area contributed by atoms with Gasteiger partial charge in [0.15, 0.2) is 12.4 Å². The number of aryl methyl sites for hydroxylation is 1. The molecule has 0 aliphatic rings. The van der Waals surface area contributed by atoms with Crippen molar-refractivity contribution >= 4 is 0 Å². The Morgan fingerprint density at radius 3 is 1.89 bits per heavy atom. The van der Waals surface area contributed by atoms with E-state index in [2.05, 4.69) is 58.1 Å². The lowest BCUT2D eigenvalue weighted by atomic mass is 10.1. The number of nitrogens with zero attached hydrogens (tertiary/aromatic N) is 1. The zero-order chi connectivity index (χ0) is 12.4. The molecule has 3 heteroatoms. The van der Waals surface area contributed by atoms with Gasteiger partial charge in [-0.3, -0.25) is 0 Å². The minimum atomic E-state index is 0.163. The van der Waals surface area contributed by atoms with Crippen LogP contribution in [0.1, 0.15) is 23.0 Å². The summed E-state index contributed by atoms with van der Waals surface area (Å²) in [6.07, 6.45) is 8.14. The number of rotatable bonds is 3. The van der Waals surface area contributed by atoms with Crippen molar-refractivity contribution in [1.82, 2.24) is 9.97 Å². The minimum absolute atomic E-state index is 0.163. The van der Waals surface area contributed by atoms with Crippen LogP contribution in [0.2, 0.25) is 0 Å². The normalized spacial score (nSPS) is 11.0. The summed E-state index contributed by atoms with van der Waals surface area (Å²) in [7, 11) is 0. The number of pyridine rings is 1. The van der Waals surface area contributed by atoms with E-state index in [1.807, 2.05) is 24.5 Å². The van der Waals surface area contributed by atoms with E-state index < -0.39 is 0 Å². The van der Waals surface area contributed by atoms with Crippen LogP contribution in [0, 0.1) is 6.92 Å². The summed E-state index contributed by atoms with van der Waals surface area (Å²) >= 11 is 0. The molecule has 0 aliphatic carbocycles. The molecule has 3 rings (SSSR count). The first-order chi connectivity index (χ1) is 8.84. The van der Waals surface area contributed by atoms with E-state index in [0.29, 0.717) is 0 Å². The molecule has 0 radical (unpaired) electrons. The Balaban J connectivity index is 2.08. The average Bonchev–Trinajstić information content (AvgIpc) is 3.06. The maximum Gasteiger partial charge on any atom is 0.237 e. The molecule has 2 N–H and O–H groups in total.